The Labute approximate surface area is 148 Å². The minimum Gasteiger partial charge on any atom is -0.481 e. The van der Waals surface area contributed by atoms with Crippen molar-refractivity contribution in [2.75, 3.05) is 13.1 Å². The number of oxazole rings is 1. The molecule has 3 rings (SSSR count). The molecule has 0 radical (unpaired) electrons. The first-order valence-corrected chi connectivity index (χ1v) is 8.19. The van der Waals surface area contributed by atoms with E-state index in [4.69, 9.17) is 4.42 Å². The number of likely N-dealkylation sites (tertiary alicyclic amines) is 1. The SMILES string of the molecule is CC(C)C1(C(=O)O)CCN(C(=O)c2coc(-c3c(F)cccc3F)n2)C1. The van der Waals surface area contributed by atoms with Crippen molar-refractivity contribution in [1.82, 2.24) is 9.88 Å². The number of carbonyl (C=O) groups is 2. The van der Waals surface area contributed by atoms with Crippen molar-refractivity contribution in [1.29, 1.82) is 0 Å². The van der Waals surface area contributed by atoms with E-state index in [1.165, 1.54) is 11.0 Å². The summed E-state index contributed by atoms with van der Waals surface area (Å²) in [5.41, 5.74) is -1.58. The van der Waals surface area contributed by atoms with E-state index in [0.29, 0.717) is 6.42 Å². The van der Waals surface area contributed by atoms with Crippen molar-refractivity contribution in [3.05, 3.63) is 41.8 Å². The largest absolute Gasteiger partial charge is 0.481 e. The minimum absolute atomic E-state index is 0.0507. The van der Waals surface area contributed by atoms with E-state index in [2.05, 4.69) is 4.98 Å². The molecule has 2 aromatic rings. The highest BCUT2D eigenvalue weighted by molar-refractivity contribution is 5.93. The maximum absolute atomic E-state index is 13.8. The third-order valence-corrected chi connectivity index (χ3v) is 5.02. The Balaban J connectivity index is 1.85. The Bertz CT molecular complexity index is 844. The van der Waals surface area contributed by atoms with Gasteiger partial charge in [0, 0.05) is 13.1 Å². The number of nitrogens with zero attached hydrogens (tertiary/aromatic N) is 2. The number of halogens is 2. The van der Waals surface area contributed by atoms with Crippen LogP contribution in [0.5, 0.6) is 0 Å². The third-order valence-electron chi connectivity index (χ3n) is 5.02. The second-order valence-electron chi connectivity index (χ2n) is 6.73. The second-order valence-corrected chi connectivity index (χ2v) is 6.73. The molecule has 0 spiro atoms. The number of amides is 1. The van der Waals surface area contributed by atoms with Crippen LogP contribution in [0.15, 0.2) is 28.9 Å². The average molecular weight is 364 g/mol. The van der Waals surface area contributed by atoms with Crippen molar-refractivity contribution >= 4 is 11.9 Å². The highest BCUT2D eigenvalue weighted by atomic mass is 19.1. The van der Waals surface area contributed by atoms with E-state index in [1.54, 1.807) is 13.8 Å². The van der Waals surface area contributed by atoms with E-state index in [1.807, 2.05) is 0 Å². The van der Waals surface area contributed by atoms with Gasteiger partial charge in [0.25, 0.3) is 5.91 Å². The van der Waals surface area contributed by atoms with E-state index in [-0.39, 0.29) is 30.6 Å². The van der Waals surface area contributed by atoms with Crippen LogP contribution < -0.4 is 0 Å². The Morgan fingerprint density at radius 3 is 2.50 bits per heavy atom. The van der Waals surface area contributed by atoms with E-state index in [9.17, 15) is 23.5 Å². The fraction of sp³-hybridized carbons (Fsp3) is 0.389. The molecular formula is C18H18F2N2O4. The van der Waals surface area contributed by atoms with Crippen molar-refractivity contribution in [3.8, 4) is 11.5 Å². The van der Waals surface area contributed by atoms with Crippen LogP contribution in [-0.2, 0) is 4.79 Å². The average Bonchev–Trinajstić information content (AvgIpc) is 3.22. The van der Waals surface area contributed by atoms with Crippen molar-refractivity contribution in [2.45, 2.75) is 20.3 Å². The first-order valence-electron chi connectivity index (χ1n) is 8.19. The van der Waals surface area contributed by atoms with Gasteiger partial charge in [0.15, 0.2) is 5.69 Å². The summed E-state index contributed by atoms with van der Waals surface area (Å²) >= 11 is 0. The minimum atomic E-state index is -1.01. The van der Waals surface area contributed by atoms with Crippen LogP contribution in [0.1, 0.15) is 30.8 Å². The lowest BCUT2D eigenvalue weighted by atomic mass is 9.76. The van der Waals surface area contributed by atoms with E-state index < -0.39 is 34.5 Å². The maximum atomic E-state index is 13.8. The van der Waals surface area contributed by atoms with Gasteiger partial charge < -0.3 is 14.4 Å². The third kappa shape index (κ3) is 2.85. The number of carboxylic acid groups (broad SMARTS) is 1. The number of rotatable bonds is 4. The Hall–Kier alpha value is -2.77. The number of aliphatic carboxylic acids is 1. The predicted octanol–water partition coefficient (Wildman–Crippen LogP) is 3.19. The molecule has 1 unspecified atom stereocenters. The summed E-state index contributed by atoms with van der Waals surface area (Å²) in [6.07, 6.45) is 1.36. The topological polar surface area (TPSA) is 83.6 Å². The molecule has 0 saturated carbocycles. The van der Waals surface area contributed by atoms with Crippen LogP contribution >= 0.6 is 0 Å². The van der Waals surface area contributed by atoms with Gasteiger partial charge >= 0.3 is 5.97 Å². The predicted molar refractivity (Wildman–Crippen MR) is 87.3 cm³/mol. The van der Waals surface area contributed by atoms with Gasteiger partial charge in [0.05, 0.1) is 5.41 Å². The van der Waals surface area contributed by atoms with Gasteiger partial charge in [0.2, 0.25) is 5.89 Å². The number of benzene rings is 1. The lowest BCUT2D eigenvalue weighted by Gasteiger charge is -2.28. The van der Waals surface area contributed by atoms with Crippen LogP contribution in [0.25, 0.3) is 11.5 Å². The number of carboxylic acids is 1. The second kappa shape index (κ2) is 6.51. The van der Waals surface area contributed by atoms with Crippen molar-refractivity contribution in [3.63, 3.8) is 0 Å². The molecule has 1 N–H and O–H groups in total. The molecule has 1 aromatic heterocycles. The van der Waals surface area contributed by atoms with Crippen LogP contribution in [0.4, 0.5) is 8.78 Å². The van der Waals surface area contributed by atoms with Crippen LogP contribution in [0.2, 0.25) is 0 Å². The number of hydrogen-bond donors (Lipinski definition) is 1. The Morgan fingerprint density at radius 1 is 1.31 bits per heavy atom. The van der Waals surface area contributed by atoms with Crippen LogP contribution in [0, 0.1) is 23.0 Å². The van der Waals surface area contributed by atoms with Gasteiger partial charge in [-0.25, -0.2) is 13.8 Å². The van der Waals surface area contributed by atoms with Gasteiger partial charge in [-0.1, -0.05) is 19.9 Å². The molecule has 0 bridgehead atoms. The fourth-order valence-corrected chi connectivity index (χ4v) is 3.25. The highest BCUT2D eigenvalue weighted by Gasteiger charge is 2.48. The van der Waals surface area contributed by atoms with Gasteiger partial charge in [-0.3, -0.25) is 9.59 Å². The van der Waals surface area contributed by atoms with Crippen molar-refractivity contribution in [2.24, 2.45) is 11.3 Å². The summed E-state index contributed by atoms with van der Waals surface area (Å²) in [6.45, 7) is 3.92. The van der Waals surface area contributed by atoms with Crippen LogP contribution in [0.3, 0.4) is 0 Å². The molecule has 8 heteroatoms. The van der Waals surface area contributed by atoms with Gasteiger partial charge in [-0.2, -0.15) is 0 Å². The standard InChI is InChI=1S/C18H18F2N2O4/c1-10(2)18(17(24)25)6-7-22(9-18)16(23)13-8-26-15(21-13)14-11(19)4-3-5-12(14)20/h3-5,8,10H,6-7,9H2,1-2H3,(H,24,25). The van der Waals surface area contributed by atoms with Gasteiger partial charge in [0.1, 0.15) is 23.5 Å². The van der Waals surface area contributed by atoms with Crippen LogP contribution in [-0.4, -0.2) is 40.0 Å². The zero-order valence-corrected chi connectivity index (χ0v) is 14.3. The number of carbonyl (C=O) groups excluding carboxylic acids is 1. The van der Waals surface area contributed by atoms with Gasteiger partial charge in [-0.15, -0.1) is 0 Å². The smallest absolute Gasteiger partial charge is 0.311 e. The zero-order valence-electron chi connectivity index (χ0n) is 14.3. The molecule has 1 fully saturated rings. The summed E-state index contributed by atoms with van der Waals surface area (Å²) in [6, 6.07) is 3.34. The first kappa shape index (κ1) is 18.0. The molecule has 0 aliphatic carbocycles. The molecule has 1 aliphatic rings. The molecule has 26 heavy (non-hydrogen) atoms. The van der Waals surface area contributed by atoms with Gasteiger partial charge in [-0.05, 0) is 24.5 Å². The summed E-state index contributed by atoms with van der Waals surface area (Å²) in [5.74, 6) is -3.67. The maximum Gasteiger partial charge on any atom is 0.311 e. The van der Waals surface area contributed by atoms with E-state index >= 15 is 0 Å². The van der Waals surface area contributed by atoms with E-state index in [0.717, 1.165) is 18.4 Å². The number of hydrogen-bond acceptors (Lipinski definition) is 4. The Kier molecular flexibility index (Phi) is 4.52. The molecule has 6 nitrogen and oxygen atoms in total. The summed E-state index contributed by atoms with van der Waals surface area (Å²) in [7, 11) is 0. The molecule has 1 atom stereocenters. The molecule has 2 heterocycles. The molecule has 1 saturated heterocycles. The molecule has 1 aromatic carbocycles. The molecule has 138 valence electrons. The molecular weight excluding hydrogens is 346 g/mol. The summed E-state index contributed by atoms with van der Waals surface area (Å²) in [5, 5.41) is 9.56. The summed E-state index contributed by atoms with van der Waals surface area (Å²) < 4.78 is 32.7. The zero-order chi connectivity index (χ0) is 19.1. The monoisotopic (exact) mass is 364 g/mol. The lowest BCUT2D eigenvalue weighted by Crippen LogP contribution is -2.40. The Morgan fingerprint density at radius 2 is 1.96 bits per heavy atom. The molecule has 1 amide bonds. The van der Waals surface area contributed by atoms with Crippen molar-refractivity contribution < 1.29 is 27.9 Å². The highest BCUT2D eigenvalue weighted by Crippen LogP contribution is 2.38. The molecule has 1 aliphatic heterocycles. The normalized spacial score (nSPS) is 20.0. The fourth-order valence-electron chi connectivity index (χ4n) is 3.25. The first-order chi connectivity index (χ1) is 12.3. The summed E-state index contributed by atoms with van der Waals surface area (Å²) in [4.78, 5) is 29.6. The lowest BCUT2D eigenvalue weighted by molar-refractivity contribution is -0.150. The quantitative estimate of drug-likeness (QED) is 0.901. The number of aromatic nitrogens is 1.